The number of ether oxygens (including phenoxy) is 2. The van der Waals surface area contributed by atoms with E-state index in [2.05, 4.69) is 40.4 Å². The molecule has 0 unspecified atom stereocenters. The molecule has 1 amide bonds. The number of hydrogen-bond donors (Lipinski definition) is 1. The van der Waals surface area contributed by atoms with Gasteiger partial charge in [0, 0.05) is 50.9 Å². The number of piperazine rings is 1. The van der Waals surface area contributed by atoms with E-state index >= 15 is 0 Å². The van der Waals surface area contributed by atoms with Crippen LogP contribution in [0.15, 0.2) is 42.5 Å². The molecule has 3 rings (SSSR count). The average molecular weight is 423 g/mol. The second-order valence-corrected chi connectivity index (χ2v) is 7.63. The summed E-state index contributed by atoms with van der Waals surface area (Å²) in [4.78, 5) is 17.0. The number of rotatable bonds is 9. The Labute approximate surface area is 184 Å². The van der Waals surface area contributed by atoms with Crippen molar-refractivity contribution in [2.75, 3.05) is 51.8 Å². The van der Waals surface area contributed by atoms with Gasteiger partial charge in [0.05, 0.1) is 25.3 Å². The van der Waals surface area contributed by atoms with Gasteiger partial charge in [0.1, 0.15) is 0 Å². The third-order valence-electron chi connectivity index (χ3n) is 5.41. The van der Waals surface area contributed by atoms with Crippen LogP contribution in [0, 0.1) is 11.3 Å². The quantitative estimate of drug-likeness (QED) is 0.626. The maximum Gasteiger partial charge on any atom is 0.220 e. The molecule has 0 atom stereocenters. The van der Waals surface area contributed by atoms with E-state index in [1.165, 1.54) is 12.8 Å². The summed E-state index contributed by atoms with van der Waals surface area (Å²) in [7, 11) is 3.68. The fourth-order valence-corrected chi connectivity index (χ4v) is 3.57. The van der Waals surface area contributed by atoms with Crippen molar-refractivity contribution in [2.24, 2.45) is 0 Å². The first kappa shape index (κ1) is 22.4. The standard InChI is InChI=1S/C24H30N4O3/c1-27-11-13-28(14-12-27)21-7-4-3-6-20(21)18-26-24(29)8-5-15-31-22-10-9-19(17-25)16-23(22)30-2/h3-4,6-7,9-10,16H,5,8,11-15,18H2,1-2H3,(H,26,29). The van der Waals surface area contributed by atoms with E-state index in [1.807, 2.05) is 12.1 Å². The largest absolute Gasteiger partial charge is 0.493 e. The van der Waals surface area contributed by atoms with Gasteiger partial charge in [-0.1, -0.05) is 18.2 Å². The number of carbonyl (C=O) groups is 1. The number of anilines is 1. The van der Waals surface area contributed by atoms with Gasteiger partial charge in [-0.25, -0.2) is 0 Å². The van der Waals surface area contributed by atoms with Gasteiger partial charge in [-0.15, -0.1) is 0 Å². The number of nitriles is 1. The van der Waals surface area contributed by atoms with E-state index < -0.39 is 0 Å². The first-order chi connectivity index (χ1) is 15.1. The molecule has 1 aliphatic rings. The Kier molecular flexibility index (Phi) is 8.13. The minimum Gasteiger partial charge on any atom is -0.493 e. The molecule has 0 bridgehead atoms. The van der Waals surface area contributed by atoms with Crippen molar-refractivity contribution >= 4 is 11.6 Å². The predicted octanol–water partition coefficient (Wildman–Crippen LogP) is 2.79. The molecule has 31 heavy (non-hydrogen) atoms. The van der Waals surface area contributed by atoms with E-state index in [1.54, 1.807) is 18.2 Å². The Morgan fingerprint density at radius 1 is 1.13 bits per heavy atom. The minimum absolute atomic E-state index is 0.00331. The van der Waals surface area contributed by atoms with Crippen LogP contribution in [0.3, 0.4) is 0 Å². The fourth-order valence-electron chi connectivity index (χ4n) is 3.57. The van der Waals surface area contributed by atoms with E-state index in [0.717, 1.165) is 31.7 Å². The number of amides is 1. The molecule has 1 N–H and O–H groups in total. The smallest absolute Gasteiger partial charge is 0.220 e. The van der Waals surface area contributed by atoms with Crippen LogP contribution in [0.4, 0.5) is 5.69 Å². The van der Waals surface area contributed by atoms with E-state index in [9.17, 15) is 4.79 Å². The number of likely N-dealkylation sites (N-methyl/N-ethyl adjacent to an activating group) is 1. The van der Waals surface area contributed by atoms with E-state index in [-0.39, 0.29) is 5.91 Å². The Morgan fingerprint density at radius 3 is 2.65 bits per heavy atom. The summed E-state index contributed by atoms with van der Waals surface area (Å²) < 4.78 is 11.0. The zero-order chi connectivity index (χ0) is 22.1. The van der Waals surface area contributed by atoms with E-state index in [0.29, 0.717) is 43.1 Å². The van der Waals surface area contributed by atoms with Gasteiger partial charge in [0.2, 0.25) is 5.91 Å². The third kappa shape index (κ3) is 6.37. The Bertz CT molecular complexity index is 917. The number of nitrogens with zero attached hydrogens (tertiary/aromatic N) is 3. The molecule has 1 aliphatic heterocycles. The lowest BCUT2D eigenvalue weighted by Gasteiger charge is -2.35. The van der Waals surface area contributed by atoms with Gasteiger partial charge in [0.15, 0.2) is 11.5 Å². The highest BCUT2D eigenvalue weighted by Gasteiger charge is 2.17. The van der Waals surface area contributed by atoms with Crippen molar-refractivity contribution in [1.82, 2.24) is 10.2 Å². The first-order valence-electron chi connectivity index (χ1n) is 10.6. The molecule has 7 heteroatoms. The van der Waals surface area contributed by atoms with Crippen molar-refractivity contribution < 1.29 is 14.3 Å². The summed E-state index contributed by atoms with van der Waals surface area (Å²) in [5, 5.41) is 12.0. The lowest BCUT2D eigenvalue weighted by molar-refractivity contribution is -0.121. The monoisotopic (exact) mass is 422 g/mol. The highest BCUT2D eigenvalue weighted by atomic mass is 16.5. The normalized spacial score (nSPS) is 14.0. The number of nitrogens with one attached hydrogen (secondary N) is 1. The highest BCUT2D eigenvalue weighted by Crippen LogP contribution is 2.28. The van der Waals surface area contributed by atoms with Crippen LogP contribution in [0.25, 0.3) is 0 Å². The second kappa shape index (κ2) is 11.2. The zero-order valence-corrected chi connectivity index (χ0v) is 18.3. The molecular weight excluding hydrogens is 392 g/mol. The first-order valence-corrected chi connectivity index (χ1v) is 10.6. The summed E-state index contributed by atoms with van der Waals surface area (Å²) in [5.41, 5.74) is 2.85. The molecule has 2 aromatic carbocycles. The number of para-hydroxylation sites is 1. The van der Waals surface area contributed by atoms with Crippen LogP contribution < -0.4 is 19.7 Å². The van der Waals surface area contributed by atoms with Crippen molar-refractivity contribution in [3.05, 3.63) is 53.6 Å². The van der Waals surface area contributed by atoms with Gasteiger partial charge in [-0.3, -0.25) is 4.79 Å². The van der Waals surface area contributed by atoms with Crippen molar-refractivity contribution in [2.45, 2.75) is 19.4 Å². The maximum atomic E-state index is 12.3. The lowest BCUT2D eigenvalue weighted by atomic mass is 10.1. The van der Waals surface area contributed by atoms with Gasteiger partial charge in [-0.05, 0) is 37.2 Å². The maximum absolute atomic E-state index is 12.3. The van der Waals surface area contributed by atoms with Crippen LogP contribution in [0.1, 0.15) is 24.0 Å². The van der Waals surface area contributed by atoms with Crippen molar-refractivity contribution in [3.8, 4) is 17.6 Å². The summed E-state index contributed by atoms with van der Waals surface area (Å²) in [6.07, 6.45) is 0.977. The molecule has 0 spiro atoms. The Morgan fingerprint density at radius 2 is 1.90 bits per heavy atom. The van der Waals surface area contributed by atoms with Crippen LogP contribution >= 0.6 is 0 Å². The van der Waals surface area contributed by atoms with Crippen LogP contribution in [0.2, 0.25) is 0 Å². The lowest BCUT2D eigenvalue weighted by Crippen LogP contribution is -2.45. The number of methoxy groups -OCH3 is 1. The third-order valence-corrected chi connectivity index (χ3v) is 5.41. The predicted molar refractivity (Wildman–Crippen MR) is 120 cm³/mol. The summed E-state index contributed by atoms with van der Waals surface area (Å²) in [6.45, 7) is 5.00. The molecule has 0 aliphatic carbocycles. The number of benzene rings is 2. The van der Waals surface area contributed by atoms with Gasteiger partial charge in [0.25, 0.3) is 0 Å². The second-order valence-electron chi connectivity index (χ2n) is 7.63. The number of carbonyl (C=O) groups excluding carboxylic acids is 1. The molecule has 7 nitrogen and oxygen atoms in total. The molecule has 1 fully saturated rings. The summed E-state index contributed by atoms with van der Waals surface area (Å²) in [6, 6.07) is 15.4. The zero-order valence-electron chi connectivity index (χ0n) is 18.3. The number of hydrogen-bond acceptors (Lipinski definition) is 6. The molecule has 1 heterocycles. The Balaban J connectivity index is 1.44. The molecule has 1 saturated heterocycles. The summed E-state index contributed by atoms with van der Waals surface area (Å²) in [5.74, 6) is 1.09. The molecule has 0 radical (unpaired) electrons. The van der Waals surface area contributed by atoms with Gasteiger partial charge >= 0.3 is 0 Å². The minimum atomic E-state index is 0.00331. The van der Waals surface area contributed by atoms with Gasteiger partial charge < -0.3 is 24.6 Å². The van der Waals surface area contributed by atoms with Crippen molar-refractivity contribution in [1.29, 1.82) is 5.26 Å². The SMILES string of the molecule is COc1cc(C#N)ccc1OCCCC(=O)NCc1ccccc1N1CCN(C)CC1. The molecule has 0 saturated carbocycles. The van der Waals surface area contributed by atoms with Crippen LogP contribution in [-0.4, -0.2) is 57.8 Å². The fraction of sp³-hybridized carbons (Fsp3) is 0.417. The molecule has 0 aromatic heterocycles. The summed E-state index contributed by atoms with van der Waals surface area (Å²) >= 11 is 0. The topological polar surface area (TPSA) is 77.8 Å². The van der Waals surface area contributed by atoms with Gasteiger partial charge in [-0.2, -0.15) is 5.26 Å². The molecular formula is C24H30N4O3. The van der Waals surface area contributed by atoms with Crippen molar-refractivity contribution in [3.63, 3.8) is 0 Å². The highest BCUT2D eigenvalue weighted by molar-refractivity contribution is 5.76. The van der Waals surface area contributed by atoms with Crippen LogP contribution in [-0.2, 0) is 11.3 Å². The van der Waals surface area contributed by atoms with E-state index in [4.69, 9.17) is 14.7 Å². The van der Waals surface area contributed by atoms with Crippen LogP contribution in [0.5, 0.6) is 11.5 Å². The average Bonchev–Trinajstić information content (AvgIpc) is 2.81. The molecule has 2 aromatic rings. The Hall–Kier alpha value is -3.24. The molecule has 164 valence electrons.